The molecule has 0 bridgehead atoms. The lowest BCUT2D eigenvalue weighted by molar-refractivity contribution is -0.385. The van der Waals surface area contributed by atoms with Crippen LogP contribution in [0.1, 0.15) is 39.3 Å². The lowest BCUT2D eigenvalue weighted by atomic mass is 9.66. The van der Waals surface area contributed by atoms with E-state index in [-0.39, 0.29) is 17.2 Å². The monoisotopic (exact) mass is 479 g/mol. The highest BCUT2D eigenvalue weighted by molar-refractivity contribution is 6.17. The highest BCUT2D eigenvalue weighted by atomic mass is 16.6. The predicted molar refractivity (Wildman–Crippen MR) is 132 cm³/mol. The van der Waals surface area contributed by atoms with Crippen LogP contribution in [-0.4, -0.2) is 34.0 Å². The molecule has 178 valence electrons. The lowest BCUT2D eigenvalue weighted by Crippen LogP contribution is -2.60. The lowest BCUT2D eigenvalue weighted by Gasteiger charge is -2.47. The summed E-state index contributed by atoms with van der Waals surface area (Å²) in [5, 5.41) is 18.2. The van der Waals surface area contributed by atoms with Crippen molar-refractivity contribution < 1.29 is 18.9 Å². The number of ketones is 1. The summed E-state index contributed by atoms with van der Waals surface area (Å²) in [6.07, 6.45) is 0.512. The van der Waals surface area contributed by atoms with Crippen molar-refractivity contribution in [2.45, 2.75) is 17.6 Å². The molecule has 1 spiro atoms. The summed E-state index contributed by atoms with van der Waals surface area (Å²) in [7, 11) is 1.71. The van der Waals surface area contributed by atoms with E-state index in [2.05, 4.69) is 0 Å². The SMILES string of the molecule is CN1N=C(c2occc2[N+](=O)[O-])C(c2ccccc2)C12C(=O)c1ccccc1O[C@H]2c1ccccc1. The van der Waals surface area contributed by atoms with Crippen LogP contribution >= 0.6 is 0 Å². The highest BCUT2D eigenvalue weighted by Gasteiger charge is 2.65. The quantitative estimate of drug-likeness (QED) is 0.288. The third kappa shape index (κ3) is 3.00. The number of carbonyl (C=O) groups excluding carboxylic acids is 1. The van der Waals surface area contributed by atoms with Crippen LogP contribution in [0.4, 0.5) is 5.69 Å². The Hall–Kier alpha value is -4.72. The number of rotatable bonds is 4. The van der Waals surface area contributed by atoms with E-state index in [9.17, 15) is 14.9 Å². The molecule has 0 saturated heterocycles. The van der Waals surface area contributed by atoms with Crippen molar-refractivity contribution in [1.29, 1.82) is 0 Å². The number of fused-ring (bicyclic) bond motifs is 1. The number of para-hydroxylation sites is 1. The first-order valence-electron chi connectivity index (χ1n) is 11.5. The number of hydrogen-bond donors (Lipinski definition) is 0. The minimum atomic E-state index is -1.37. The second-order valence-electron chi connectivity index (χ2n) is 8.80. The zero-order chi connectivity index (χ0) is 24.9. The average Bonchev–Trinajstić information content (AvgIpc) is 3.51. The maximum atomic E-state index is 14.6. The van der Waals surface area contributed by atoms with E-state index in [1.807, 2.05) is 66.7 Å². The fourth-order valence-corrected chi connectivity index (χ4v) is 5.43. The molecule has 4 aromatic rings. The van der Waals surface area contributed by atoms with Crippen LogP contribution in [0.5, 0.6) is 5.75 Å². The molecule has 8 heteroatoms. The molecule has 0 fully saturated rings. The summed E-state index contributed by atoms with van der Waals surface area (Å²) in [6.45, 7) is 0. The fourth-order valence-electron chi connectivity index (χ4n) is 5.43. The summed E-state index contributed by atoms with van der Waals surface area (Å²) in [4.78, 5) is 25.9. The van der Waals surface area contributed by atoms with Crippen LogP contribution in [-0.2, 0) is 0 Å². The van der Waals surface area contributed by atoms with Crippen LogP contribution in [0.3, 0.4) is 0 Å². The van der Waals surface area contributed by atoms with E-state index in [1.54, 1.807) is 30.3 Å². The van der Waals surface area contributed by atoms with Gasteiger partial charge in [-0.3, -0.25) is 19.9 Å². The van der Waals surface area contributed by atoms with Crippen molar-refractivity contribution in [3.05, 3.63) is 130 Å². The van der Waals surface area contributed by atoms with Crippen LogP contribution in [0.25, 0.3) is 0 Å². The van der Waals surface area contributed by atoms with Gasteiger partial charge in [0.15, 0.2) is 17.4 Å². The summed E-state index contributed by atoms with van der Waals surface area (Å²) in [5.41, 5.74) is 0.719. The first-order valence-corrected chi connectivity index (χ1v) is 11.5. The van der Waals surface area contributed by atoms with E-state index < -0.39 is 22.5 Å². The van der Waals surface area contributed by atoms with Gasteiger partial charge >= 0.3 is 5.69 Å². The number of nitrogens with zero attached hydrogens (tertiary/aromatic N) is 3. The number of carbonyl (C=O) groups is 1. The van der Waals surface area contributed by atoms with E-state index in [1.165, 1.54) is 12.3 Å². The van der Waals surface area contributed by atoms with Gasteiger partial charge in [-0.25, -0.2) is 0 Å². The molecule has 3 atom stereocenters. The molecule has 0 N–H and O–H groups in total. The van der Waals surface area contributed by atoms with E-state index in [0.29, 0.717) is 17.0 Å². The number of Topliss-reactive ketones (excluding diaryl/α,β-unsaturated/α-hetero) is 1. The first kappa shape index (κ1) is 21.8. The molecule has 0 amide bonds. The van der Waals surface area contributed by atoms with E-state index >= 15 is 0 Å². The normalized spacial score (nSPS) is 22.8. The van der Waals surface area contributed by atoms with Crippen LogP contribution in [0.2, 0.25) is 0 Å². The zero-order valence-electron chi connectivity index (χ0n) is 19.3. The Kier molecular flexibility index (Phi) is 4.96. The van der Waals surface area contributed by atoms with Crippen LogP contribution in [0.15, 0.2) is 107 Å². The van der Waals surface area contributed by atoms with Gasteiger partial charge in [0.1, 0.15) is 11.5 Å². The van der Waals surface area contributed by atoms with Crippen LogP contribution in [0, 0.1) is 10.1 Å². The van der Waals surface area contributed by atoms with Gasteiger partial charge in [-0.1, -0.05) is 72.8 Å². The molecule has 0 aliphatic carbocycles. The molecule has 2 aliphatic rings. The maximum Gasteiger partial charge on any atom is 0.316 e. The smallest absolute Gasteiger partial charge is 0.316 e. The number of ether oxygens (including phenoxy) is 1. The molecule has 1 aromatic heterocycles. The molecule has 2 aliphatic heterocycles. The Labute approximate surface area is 206 Å². The molecule has 2 unspecified atom stereocenters. The van der Waals surface area contributed by atoms with Crippen LogP contribution < -0.4 is 4.74 Å². The highest BCUT2D eigenvalue weighted by Crippen LogP contribution is 2.55. The second kappa shape index (κ2) is 8.20. The van der Waals surface area contributed by atoms with Crippen molar-refractivity contribution in [2.75, 3.05) is 7.05 Å². The molecule has 36 heavy (non-hydrogen) atoms. The van der Waals surface area contributed by atoms with Gasteiger partial charge in [0.05, 0.1) is 28.7 Å². The number of hydrazone groups is 1. The van der Waals surface area contributed by atoms with Gasteiger partial charge in [0.2, 0.25) is 5.76 Å². The van der Waals surface area contributed by atoms with Gasteiger partial charge in [-0.05, 0) is 23.3 Å². The molecule has 6 rings (SSSR count). The van der Waals surface area contributed by atoms with E-state index in [4.69, 9.17) is 14.3 Å². The number of hydrogen-bond acceptors (Lipinski definition) is 7. The second-order valence-corrected chi connectivity index (χ2v) is 8.80. The fraction of sp³-hybridized carbons (Fsp3) is 0.143. The van der Waals surface area contributed by atoms with Crippen molar-refractivity contribution in [3.8, 4) is 5.75 Å². The third-order valence-electron chi connectivity index (χ3n) is 6.96. The Bertz CT molecular complexity index is 1500. The average molecular weight is 479 g/mol. The Balaban J connectivity index is 1.65. The Morgan fingerprint density at radius 1 is 0.917 bits per heavy atom. The molecule has 0 radical (unpaired) electrons. The number of nitro groups is 1. The maximum absolute atomic E-state index is 14.6. The number of benzene rings is 3. The molecular weight excluding hydrogens is 458 g/mol. The predicted octanol–water partition coefficient (Wildman–Crippen LogP) is 5.38. The van der Waals surface area contributed by atoms with Crippen molar-refractivity contribution >= 4 is 17.2 Å². The van der Waals surface area contributed by atoms with Gasteiger partial charge in [0.25, 0.3) is 0 Å². The van der Waals surface area contributed by atoms with Gasteiger partial charge in [0, 0.05) is 7.05 Å². The summed E-state index contributed by atoms with van der Waals surface area (Å²) >= 11 is 0. The van der Waals surface area contributed by atoms with Gasteiger partial charge in [-0.2, -0.15) is 5.10 Å². The summed E-state index contributed by atoms with van der Waals surface area (Å²) < 4.78 is 12.2. The number of furan rings is 1. The molecular formula is C28H21N3O5. The molecule has 0 saturated carbocycles. The third-order valence-corrected chi connectivity index (χ3v) is 6.96. The minimum Gasteiger partial charge on any atom is -0.482 e. The molecule has 3 aromatic carbocycles. The topological polar surface area (TPSA) is 98.2 Å². The summed E-state index contributed by atoms with van der Waals surface area (Å²) in [5.74, 6) is -0.391. The van der Waals surface area contributed by atoms with Gasteiger partial charge < -0.3 is 9.15 Å². The Morgan fingerprint density at radius 3 is 2.25 bits per heavy atom. The van der Waals surface area contributed by atoms with Crippen molar-refractivity contribution in [3.63, 3.8) is 0 Å². The van der Waals surface area contributed by atoms with Crippen molar-refractivity contribution in [1.82, 2.24) is 5.01 Å². The molecule has 8 nitrogen and oxygen atoms in total. The standard InChI is InChI=1S/C28H21N3O5/c1-30-28(26(32)20-14-8-9-15-22(20)36-27(28)19-12-6-3-7-13-19)23(18-10-4-2-5-11-18)24(29-30)25-21(31(33)34)16-17-35-25/h2-17,23,27H,1H3/t23?,27-,28?/m0/s1. The van der Waals surface area contributed by atoms with Gasteiger partial charge in [-0.15, -0.1) is 0 Å². The zero-order valence-corrected chi connectivity index (χ0v) is 19.3. The minimum absolute atomic E-state index is 0.0241. The summed E-state index contributed by atoms with van der Waals surface area (Å²) in [6, 6.07) is 27.4. The first-order chi connectivity index (χ1) is 17.5. The van der Waals surface area contributed by atoms with Crippen molar-refractivity contribution in [2.24, 2.45) is 5.10 Å². The van der Waals surface area contributed by atoms with E-state index in [0.717, 1.165) is 11.1 Å². The number of likely N-dealkylation sites (N-methyl/N-ethyl adjacent to an activating group) is 1. The Morgan fingerprint density at radius 2 is 1.56 bits per heavy atom. The molecule has 3 heterocycles. The largest absolute Gasteiger partial charge is 0.482 e.